The number of hydrogen-bond acceptors (Lipinski definition) is 7. The lowest BCUT2D eigenvalue weighted by Crippen LogP contribution is -2.42. The van der Waals surface area contributed by atoms with Gasteiger partial charge in [0.1, 0.15) is 5.75 Å². The molecule has 0 saturated heterocycles. The Morgan fingerprint density at radius 1 is 0.946 bits per heavy atom. The Hall–Kier alpha value is -4.27. The van der Waals surface area contributed by atoms with E-state index in [1.54, 1.807) is 42.5 Å². The molecule has 37 heavy (non-hydrogen) atoms. The highest BCUT2D eigenvalue weighted by Gasteiger charge is 2.28. The molecular formula is C28H32N4O5. The lowest BCUT2D eigenvalue weighted by atomic mass is 9.91. The first kappa shape index (κ1) is 27.3. The monoisotopic (exact) mass is 504 g/mol. The fourth-order valence-corrected chi connectivity index (χ4v) is 4.00. The summed E-state index contributed by atoms with van der Waals surface area (Å²) in [6.45, 7) is 4.24. The number of carbonyl (C=O) groups is 3. The summed E-state index contributed by atoms with van der Waals surface area (Å²) < 4.78 is 0. The summed E-state index contributed by atoms with van der Waals surface area (Å²) >= 11 is 0. The topological polar surface area (TPSA) is 142 Å². The fraction of sp³-hybridized carbons (Fsp3) is 0.321. The molecule has 3 rings (SSSR count). The van der Waals surface area contributed by atoms with Gasteiger partial charge < -0.3 is 20.8 Å². The molecule has 1 amide bonds. The standard InChI is InChI=1S/C28H32N4O5/c1-18-15-19(2)31-28(30-18)29-14-6-9-24(32-26(35)21-7-4-3-5-8-21)25(34)17-22(27(36)37)16-20-10-12-23(33)13-11-20/h3-5,7-8,10-13,15,22,24,33H,6,9,14,16-17H2,1-2H3,(H,32,35)(H,36,37)(H,29,30,31). The summed E-state index contributed by atoms with van der Waals surface area (Å²) in [4.78, 5) is 46.7. The van der Waals surface area contributed by atoms with Crippen LogP contribution >= 0.6 is 0 Å². The van der Waals surface area contributed by atoms with Crippen molar-refractivity contribution in [3.8, 4) is 5.75 Å². The largest absolute Gasteiger partial charge is 0.508 e. The van der Waals surface area contributed by atoms with E-state index in [-0.39, 0.29) is 24.4 Å². The number of nitrogens with one attached hydrogen (secondary N) is 2. The summed E-state index contributed by atoms with van der Waals surface area (Å²) in [5.41, 5.74) is 2.79. The van der Waals surface area contributed by atoms with Crippen LogP contribution < -0.4 is 10.6 Å². The van der Waals surface area contributed by atoms with Crippen LogP contribution in [-0.4, -0.2) is 50.4 Å². The molecule has 2 unspecified atom stereocenters. The molecule has 1 heterocycles. The summed E-state index contributed by atoms with van der Waals surface area (Å²) in [6, 6.07) is 15.8. The first-order chi connectivity index (χ1) is 17.7. The third kappa shape index (κ3) is 8.71. The normalized spacial score (nSPS) is 12.4. The number of aromatic nitrogens is 2. The molecule has 1 aromatic heterocycles. The molecule has 0 fully saturated rings. The number of nitrogens with zero attached hydrogens (tertiary/aromatic N) is 2. The molecule has 0 saturated carbocycles. The van der Waals surface area contributed by atoms with Crippen LogP contribution in [0.5, 0.6) is 5.75 Å². The van der Waals surface area contributed by atoms with E-state index in [1.165, 1.54) is 12.1 Å². The lowest BCUT2D eigenvalue weighted by molar-refractivity contribution is -0.144. The predicted octanol–water partition coefficient (Wildman–Crippen LogP) is 3.69. The number of carboxylic acid groups (broad SMARTS) is 1. The van der Waals surface area contributed by atoms with Crippen molar-refractivity contribution in [3.05, 3.63) is 83.2 Å². The number of amides is 1. The molecule has 3 aromatic rings. The lowest BCUT2D eigenvalue weighted by Gasteiger charge is -2.20. The number of phenolic OH excluding ortho intramolecular Hbond substituents is 1. The van der Waals surface area contributed by atoms with Crippen LogP contribution in [0.3, 0.4) is 0 Å². The summed E-state index contributed by atoms with van der Waals surface area (Å²) in [5, 5.41) is 25.2. The van der Waals surface area contributed by atoms with Gasteiger partial charge in [-0.2, -0.15) is 0 Å². The first-order valence-corrected chi connectivity index (χ1v) is 12.2. The van der Waals surface area contributed by atoms with E-state index in [4.69, 9.17) is 0 Å². The van der Waals surface area contributed by atoms with E-state index < -0.39 is 23.8 Å². The van der Waals surface area contributed by atoms with Gasteiger partial charge in [-0.1, -0.05) is 30.3 Å². The van der Waals surface area contributed by atoms with Crippen molar-refractivity contribution in [1.29, 1.82) is 0 Å². The van der Waals surface area contributed by atoms with Gasteiger partial charge >= 0.3 is 5.97 Å². The van der Waals surface area contributed by atoms with Gasteiger partial charge in [-0.15, -0.1) is 0 Å². The number of Topliss-reactive ketones (excluding diaryl/α,β-unsaturated/α-hetero) is 1. The predicted molar refractivity (Wildman–Crippen MR) is 139 cm³/mol. The molecule has 0 aliphatic carbocycles. The van der Waals surface area contributed by atoms with Crippen molar-refractivity contribution in [2.24, 2.45) is 5.92 Å². The zero-order valence-electron chi connectivity index (χ0n) is 21.0. The number of aromatic hydroxyl groups is 1. The van der Waals surface area contributed by atoms with Crippen molar-refractivity contribution >= 4 is 23.6 Å². The summed E-state index contributed by atoms with van der Waals surface area (Å²) in [6.07, 6.45) is 0.744. The van der Waals surface area contributed by atoms with Gasteiger partial charge in [0.25, 0.3) is 5.91 Å². The Bertz CT molecular complexity index is 1190. The third-order valence-electron chi connectivity index (χ3n) is 5.88. The molecule has 0 bridgehead atoms. The second-order valence-corrected chi connectivity index (χ2v) is 9.01. The Morgan fingerprint density at radius 3 is 2.22 bits per heavy atom. The molecule has 2 atom stereocenters. The molecule has 2 aromatic carbocycles. The Kier molecular flexibility index (Phi) is 9.71. The zero-order chi connectivity index (χ0) is 26.8. The van der Waals surface area contributed by atoms with E-state index in [1.807, 2.05) is 19.9 Å². The smallest absolute Gasteiger partial charge is 0.307 e. The molecule has 0 aliphatic rings. The number of phenols is 1. The molecule has 0 spiro atoms. The molecule has 194 valence electrons. The van der Waals surface area contributed by atoms with E-state index in [9.17, 15) is 24.6 Å². The first-order valence-electron chi connectivity index (χ1n) is 12.2. The Morgan fingerprint density at radius 2 is 1.59 bits per heavy atom. The van der Waals surface area contributed by atoms with E-state index in [0.29, 0.717) is 36.5 Å². The maximum absolute atomic E-state index is 13.3. The minimum absolute atomic E-state index is 0.0789. The van der Waals surface area contributed by atoms with Crippen LogP contribution in [0.25, 0.3) is 0 Å². The quantitative estimate of drug-likeness (QED) is 0.258. The highest BCUT2D eigenvalue weighted by molar-refractivity contribution is 5.98. The van der Waals surface area contributed by atoms with Gasteiger partial charge in [-0.3, -0.25) is 14.4 Å². The number of rotatable bonds is 13. The Balaban J connectivity index is 1.67. The average Bonchev–Trinajstić information content (AvgIpc) is 2.86. The summed E-state index contributed by atoms with van der Waals surface area (Å²) in [7, 11) is 0. The number of anilines is 1. The molecule has 9 nitrogen and oxygen atoms in total. The van der Waals surface area contributed by atoms with Crippen molar-refractivity contribution in [1.82, 2.24) is 15.3 Å². The minimum Gasteiger partial charge on any atom is -0.508 e. The fourth-order valence-electron chi connectivity index (χ4n) is 4.00. The zero-order valence-corrected chi connectivity index (χ0v) is 21.0. The maximum Gasteiger partial charge on any atom is 0.307 e. The van der Waals surface area contributed by atoms with Crippen LogP contribution in [0.4, 0.5) is 5.95 Å². The van der Waals surface area contributed by atoms with E-state index in [2.05, 4.69) is 20.6 Å². The van der Waals surface area contributed by atoms with Gasteiger partial charge in [0.05, 0.1) is 12.0 Å². The van der Waals surface area contributed by atoms with Gasteiger partial charge in [0.15, 0.2) is 5.78 Å². The maximum atomic E-state index is 13.3. The van der Waals surface area contributed by atoms with Crippen LogP contribution in [0.15, 0.2) is 60.7 Å². The molecule has 4 N–H and O–H groups in total. The van der Waals surface area contributed by atoms with Crippen LogP contribution in [0.2, 0.25) is 0 Å². The minimum atomic E-state index is -1.09. The van der Waals surface area contributed by atoms with E-state index >= 15 is 0 Å². The number of benzene rings is 2. The van der Waals surface area contributed by atoms with Gasteiger partial charge in [0, 0.05) is 29.9 Å². The second-order valence-electron chi connectivity index (χ2n) is 9.01. The van der Waals surface area contributed by atoms with Gasteiger partial charge in [-0.05, 0) is 69.0 Å². The molecule has 0 aliphatic heterocycles. The van der Waals surface area contributed by atoms with Crippen LogP contribution in [-0.2, 0) is 16.0 Å². The number of aryl methyl sites for hydroxylation is 2. The highest BCUT2D eigenvalue weighted by Crippen LogP contribution is 2.18. The van der Waals surface area contributed by atoms with Gasteiger partial charge in [0.2, 0.25) is 5.95 Å². The average molecular weight is 505 g/mol. The molecular weight excluding hydrogens is 472 g/mol. The SMILES string of the molecule is Cc1cc(C)nc(NCCCC(NC(=O)c2ccccc2)C(=O)CC(Cc2ccc(O)cc2)C(=O)O)n1. The van der Waals surface area contributed by atoms with Crippen molar-refractivity contribution < 1.29 is 24.6 Å². The highest BCUT2D eigenvalue weighted by atomic mass is 16.4. The second kappa shape index (κ2) is 13.2. The van der Waals surface area contributed by atoms with Crippen LogP contribution in [0.1, 0.15) is 46.6 Å². The number of aliphatic carboxylic acids is 1. The summed E-state index contributed by atoms with van der Waals surface area (Å²) in [5.74, 6) is -2.23. The van der Waals surface area contributed by atoms with Crippen molar-refractivity contribution in [2.45, 2.75) is 45.6 Å². The van der Waals surface area contributed by atoms with E-state index in [0.717, 1.165) is 11.4 Å². The van der Waals surface area contributed by atoms with Crippen LogP contribution in [0, 0.1) is 19.8 Å². The number of carbonyl (C=O) groups excluding carboxylic acids is 2. The molecule has 9 heteroatoms. The van der Waals surface area contributed by atoms with Crippen molar-refractivity contribution in [2.75, 3.05) is 11.9 Å². The number of carboxylic acids is 1. The molecule has 0 radical (unpaired) electrons. The third-order valence-corrected chi connectivity index (χ3v) is 5.88. The van der Waals surface area contributed by atoms with Crippen molar-refractivity contribution in [3.63, 3.8) is 0 Å². The van der Waals surface area contributed by atoms with Gasteiger partial charge in [-0.25, -0.2) is 9.97 Å². The number of hydrogen-bond donors (Lipinski definition) is 4. The Labute approximate surface area is 216 Å². The number of ketones is 1.